The van der Waals surface area contributed by atoms with Gasteiger partial charge in [0.25, 0.3) is 0 Å². The number of hydrogen-bond donors (Lipinski definition) is 0. The molecule has 0 N–H and O–H groups in total. The summed E-state index contributed by atoms with van der Waals surface area (Å²) in [7, 11) is 0. The van der Waals surface area contributed by atoms with Crippen molar-refractivity contribution in [3.63, 3.8) is 0 Å². The molecule has 12 heteroatoms. The van der Waals surface area contributed by atoms with Gasteiger partial charge in [0.15, 0.2) is 8.68 Å². The normalized spacial score (nSPS) is 19.6. The predicted molar refractivity (Wildman–Crippen MR) is 159 cm³/mol. The van der Waals surface area contributed by atoms with Gasteiger partial charge in [0.05, 0.1) is 31.8 Å². The van der Waals surface area contributed by atoms with Crippen LogP contribution in [0, 0.1) is 0 Å². The minimum Gasteiger partial charge on any atom is -0.274 e. The van der Waals surface area contributed by atoms with Crippen molar-refractivity contribution in [2.75, 3.05) is 9.80 Å². The van der Waals surface area contributed by atoms with Crippen LogP contribution in [0.4, 0.5) is 11.4 Å². The Morgan fingerprint density at radius 2 is 1.07 bits per heavy atom. The van der Waals surface area contributed by atoms with E-state index in [-0.39, 0.29) is 36.5 Å². The van der Waals surface area contributed by atoms with Crippen LogP contribution >= 0.6 is 46.2 Å². The van der Waals surface area contributed by atoms with E-state index in [2.05, 4.69) is 9.97 Å². The highest BCUT2D eigenvalue weighted by atomic mass is 32.2. The van der Waals surface area contributed by atoms with E-state index in [1.54, 1.807) is 24.3 Å². The minimum atomic E-state index is -0.596. The Kier molecular flexibility index (Phi) is 6.42. The first kappa shape index (κ1) is 25.4. The summed E-state index contributed by atoms with van der Waals surface area (Å²) >= 11 is 5.55. The van der Waals surface area contributed by atoms with E-state index in [0.29, 0.717) is 11.4 Å². The van der Waals surface area contributed by atoms with Crippen LogP contribution in [0.5, 0.6) is 0 Å². The fraction of sp³-hybridized carbons (Fsp3) is 0.143. The third-order valence-electron chi connectivity index (χ3n) is 6.59. The monoisotopic (exact) mass is 602 g/mol. The number of thiazole rings is 2. The lowest BCUT2D eigenvalue weighted by atomic mass is 10.2. The average molecular weight is 603 g/mol. The highest BCUT2D eigenvalue weighted by Gasteiger charge is 2.43. The van der Waals surface area contributed by atoms with Gasteiger partial charge in [-0.15, -0.1) is 22.7 Å². The number of hydrogen-bond acceptors (Lipinski definition) is 10. The number of nitrogens with zero attached hydrogens (tertiary/aromatic N) is 4. The Morgan fingerprint density at radius 1 is 0.625 bits per heavy atom. The molecule has 5 aromatic rings. The Morgan fingerprint density at radius 3 is 1.52 bits per heavy atom. The minimum absolute atomic E-state index is 0.0477. The Hall–Kier alpha value is -3.58. The van der Waals surface area contributed by atoms with E-state index in [9.17, 15) is 19.2 Å². The van der Waals surface area contributed by atoms with Gasteiger partial charge in [-0.05, 0) is 42.5 Å². The largest absolute Gasteiger partial charge is 0.274 e. The molecule has 4 amide bonds. The number of para-hydroxylation sites is 2. The summed E-state index contributed by atoms with van der Waals surface area (Å²) in [5.74, 6) is -1.34. The lowest BCUT2D eigenvalue weighted by Gasteiger charge is -2.19. The van der Waals surface area contributed by atoms with Crippen LogP contribution in [-0.2, 0) is 19.2 Å². The second-order valence-corrected chi connectivity index (χ2v) is 14.1. The van der Waals surface area contributed by atoms with Gasteiger partial charge in [-0.2, -0.15) is 0 Å². The number of carbonyl (C=O) groups excluding carboxylic acids is 4. The van der Waals surface area contributed by atoms with Crippen LogP contribution in [0.3, 0.4) is 0 Å². The molecule has 198 valence electrons. The molecule has 0 bridgehead atoms. The van der Waals surface area contributed by atoms with E-state index in [1.165, 1.54) is 46.2 Å². The van der Waals surface area contributed by atoms with Gasteiger partial charge < -0.3 is 0 Å². The molecule has 8 nitrogen and oxygen atoms in total. The zero-order chi connectivity index (χ0) is 27.4. The van der Waals surface area contributed by atoms with Crippen LogP contribution in [0.1, 0.15) is 12.8 Å². The van der Waals surface area contributed by atoms with Crippen molar-refractivity contribution >= 4 is 102 Å². The first-order chi connectivity index (χ1) is 19.4. The van der Waals surface area contributed by atoms with Crippen molar-refractivity contribution in [3.05, 3.63) is 72.8 Å². The van der Waals surface area contributed by atoms with Crippen molar-refractivity contribution in [3.8, 4) is 0 Å². The SMILES string of the molecule is O=C1C[C@H](Sc2nc3ccccc3s2)C(=O)N1c1cccc(N2C(=O)C[C@@H](Sc3nc4ccccc4s3)C2=O)c1. The van der Waals surface area contributed by atoms with Gasteiger partial charge in [0, 0.05) is 12.8 Å². The van der Waals surface area contributed by atoms with Crippen molar-refractivity contribution in [2.24, 2.45) is 0 Å². The highest BCUT2D eigenvalue weighted by molar-refractivity contribution is 8.02. The number of aromatic nitrogens is 2. The van der Waals surface area contributed by atoms with Gasteiger partial charge in [-0.3, -0.25) is 19.2 Å². The molecule has 0 unspecified atom stereocenters. The predicted octanol–water partition coefficient (Wildman–Crippen LogP) is 5.75. The van der Waals surface area contributed by atoms with Crippen LogP contribution in [-0.4, -0.2) is 44.1 Å². The molecule has 0 radical (unpaired) electrons. The lowest BCUT2D eigenvalue weighted by Crippen LogP contribution is -2.33. The summed E-state index contributed by atoms with van der Waals surface area (Å²) in [6.07, 6.45) is 0.0955. The number of imide groups is 2. The zero-order valence-electron chi connectivity index (χ0n) is 20.6. The van der Waals surface area contributed by atoms with Crippen LogP contribution in [0.15, 0.2) is 81.5 Å². The molecule has 7 rings (SSSR count). The van der Waals surface area contributed by atoms with Crippen molar-refractivity contribution in [1.29, 1.82) is 0 Å². The fourth-order valence-corrected chi connectivity index (χ4v) is 9.42. The molecule has 40 heavy (non-hydrogen) atoms. The van der Waals surface area contributed by atoms with Gasteiger partial charge in [-0.25, -0.2) is 19.8 Å². The third kappa shape index (κ3) is 4.50. The summed E-state index contributed by atoms with van der Waals surface area (Å²) in [4.78, 5) is 64.0. The molecule has 0 aliphatic carbocycles. The van der Waals surface area contributed by atoms with E-state index in [4.69, 9.17) is 0 Å². The number of rotatable bonds is 6. The molecule has 2 aromatic heterocycles. The molecule has 0 spiro atoms. The maximum absolute atomic E-state index is 13.3. The van der Waals surface area contributed by atoms with E-state index < -0.39 is 10.5 Å². The van der Waals surface area contributed by atoms with E-state index in [0.717, 1.165) is 38.9 Å². The molecule has 2 aliphatic heterocycles. The summed E-state index contributed by atoms with van der Waals surface area (Å²) < 4.78 is 3.50. The summed E-state index contributed by atoms with van der Waals surface area (Å²) in [6.45, 7) is 0. The van der Waals surface area contributed by atoms with Crippen molar-refractivity contribution < 1.29 is 19.2 Å². The Labute approximate surface area is 244 Å². The average Bonchev–Trinajstić information content (AvgIpc) is 3.68. The molecule has 2 atom stereocenters. The number of benzene rings is 3. The first-order valence-electron chi connectivity index (χ1n) is 12.3. The summed E-state index contributed by atoms with van der Waals surface area (Å²) in [5.41, 5.74) is 2.39. The number of amides is 4. The summed E-state index contributed by atoms with van der Waals surface area (Å²) in [5, 5.41) is -1.19. The smallest absolute Gasteiger partial charge is 0.247 e. The summed E-state index contributed by atoms with van der Waals surface area (Å²) in [6, 6.07) is 22.0. The number of anilines is 2. The molecular weight excluding hydrogens is 585 g/mol. The van der Waals surface area contributed by atoms with E-state index in [1.807, 2.05) is 48.5 Å². The molecular formula is C28H18N4O4S4. The molecule has 2 fully saturated rings. The number of thioether (sulfide) groups is 2. The van der Waals surface area contributed by atoms with Gasteiger partial charge in [0.2, 0.25) is 23.6 Å². The zero-order valence-corrected chi connectivity index (χ0v) is 23.8. The molecule has 4 heterocycles. The third-order valence-corrected chi connectivity index (χ3v) is 11.2. The van der Waals surface area contributed by atoms with Crippen LogP contribution in [0.25, 0.3) is 20.4 Å². The second kappa shape index (κ2) is 10.1. The topological polar surface area (TPSA) is 101 Å². The Bertz CT molecular complexity index is 1660. The van der Waals surface area contributed by atoms with Crippen LogP contribution in [0.2, 0.25) is 0 Å². The van der Waals surface area contributed by atoms with E-state index >= 15 is 0 Å². The lowest BCUT2D eigenvalue weighted by molar-refractivity contribution is -0.122. The molecule has 3 aromatic carbocycles. The quantitative estimate of drug-likeness (QED) is 0.227. The van der Waals surface area contributed by atoms with Crippen molar-refractivity contribution in [2.45, 2.75) is 32.0 Å². The second-order valence-electron chi connectivity index (χ2n) is 9.17. The van der Waals surface area contributed by atoms with Gasteiger partial charge in [0.1, 0.15) is 10.5 Å². The van der Waals surface area contributed by atoms with Gasteiger partial charge in [-0.1, -0.05) is 53.9 Å². The van der Waals surface area contributed by atoms with Gasteiger partial charge >= 0.3 is 0 Å². The van der Waals surface area contributed by atoms with Crippen molar-refractivity contribution in [1.82, 2.24) is 9.97 Å². The fourth-order valence-electron chi connectivity index (χ4n) is 4.75. The standard InChI is InChI=1S/C28H18N4O4S4/c33-23-13-21(39-27-29-17-8-1-3-10-19(17)37-27)25(35)31(23)15-6-5-7-16(12-15)32-24(34)14-22(26(32)36)40-28-30-18-9-2-4-11-20(18)38-28/h1-12,21-22H,13-14H2/t21-,22+. The first-order valence-corrected chi connectivity index (χ1v) is 15.7. The maximum atomic E-state index is 13.3. The molecule has 2 saturated heterocycles. The number of carbonyl (C=O) groups is 4. The molecule has 0 saturated carbocycles. The highest BCUT2D eigenvalue weighted by Crippen LogP contribution is 2.40. The Balaban J connectivity index is 1.09. The van der Waals surface area contributed by atoms with Crippen LogP contribution < -0.4 is 9.80 Å². The maximum Gasteiger partial charge on any atom is 0.247 e. The molecule has 2 aliphatic rings. The number of fused-ring (bicyclic) bond motifs is 2.